The van der Waals surface area contributed by atoms with E-state index < -0.39 is 29.4 Å². The summed E-state index contributed by atoms with van der Waals surface area (Å²) in [5, 5.41) is 4.25. The lowest BCUT2D eigenvalue weighted by Crippen LogP contribution is -2.40. The Bertz CT molecular complexity index is 1720. The summed E-state index contributed by atoms with van der Waals surface area (Å²) in [6.07, 6.45) is 2.71. The number of carbonyl (C=O) groups excluding carboxylic acids is 5. The molecule has 292 valence electrons. The predicted molar refractivity (Wildman–Crippen MR) is 201 cm³/mol. The van der Waals surface area contributed by atoms with Gasteiger partial charge >= 0.3 is 24.1 Å². The van der Waals surface area contributed by atoms with Gasteiger partial charge in [0, 0.05) is 48.2 Å². The van der Waals surface area contributed by atoms with Crippen LogP contribution in [0.3, 0.4) is 0 Å². The number of carbonyl (C=O) groups is 5. The molecular formula is C41H58N2O10. The van der Waals surface area contributed by atoms with Gasteiger partial charge in [0.15, 0.2) is 11.5 Å². The number of ether oxygens (including phenoxy) is 5. The van der Waals surface area contributed by atoms with Crippen LogP contribution in [0, 0.1) is 0 Å². The predicted octanol–water partition coefficient (Wildman–Crippen LogP) is 8.06. The number of nitrogens with zero attached hydrogens (tertiary/aromatic N) is 1. The van der Waals surface area contributed by atoms with Crippen LogP contribution in [0.25, 0.3) is 10.8 Å². The van der Waals surface area contributed by atoms with Crippen LogP contribution in [-0.2, 0) is 35.7 Å². The van der Waals surface area contributed by atoms with Crippen LogP contribution >= 0.6 is 0 Å². The van der Waals surface area contributed by atoms with E-state index in [0.29, 0.717) is 36.1 Å². The van der Waals surface area contributed by atoms with E-state index in [2.05, 4.69) is 25.2 Å². The zero-order valence-electron chi connectivity index (χ0n) is 33.2. The second-order valence-corrected chi connectivity index (χ2v) is 16.9. The Morgan fingerprint density at radius 3 is 2.25 bits per heavy atom. The van der Waals surface area contributed by atoms with E-state index in [-0.39, 0.29) is 73.5 Å². The molecule has 0 saturated carbocycles. The highest BCUT2D eigenvalue weighted by Crippen LogP contribution is 2.55. The Morgan fingerprint density at radius 2 is 1.58 bits per heavy atom. The van der Waals surface area contributed by atoms with E-state index in [9.17, 15) is 24.0 Å². The van der Waals surface area contributed by atoms with Crippen LogP contribution in [0.1, 0.15) is 137 Å². The van der Waals surface area contributed by atoms with Crippen LogP contribution in [0.15, 0.2) is 12.1 Å². The standard InChI is InChI=1S/C41H58N2O10/c1-25-24-49-34-28-18-19-29-27(15-13-20-41(29,9)10)33(28)36(50-30(45)17-14-22-43(23-26(2)44)38(48)53-40(6,7)8)35(32(25)34)51-37(47)42-21-12-11-16-31(46)52-39(3,4)5/h18-19,25H,11-17,20-24H2,1-10H3,(H,42,47)/t25-/m0/s1. The minimum atomic E-state index is -0.753. The third-order valence-electron chi connectivity index (χ3n) is 9.19. The van der Waals surface area contributed by atoms with Crippen LogP contribution in [-0.4, -0.2) is 72.3 Å². The van der Waals surface area contributed by atoms with E-state index >= 15 is 0 Å². The Hall–Kier alpha value is -4.35. The van der Waals surface area contributed by atoms with Gasteiger partial charge in [-0.25, -0.2) is 9.59 Å². The lowest BCUT2D eigenvalue weighted by Gasteiger charge is -2.34. The second kappa shape index (κ2) is 16.8. The Kier molecular flexibility index (Phi) is 13.1. The molecule has 0 unspecified atom stereocenters. The molecule has 12 nitrogen and oxygen atoms in total. The number of hydrogen-bond acceptors (Lipinski definition) is 10. The molecule has 0 bridgehead atoms. The summed E-state index contributed by atoms with van der Waals surface area (Å²) in [7, 11) is 0. The number of fused-ring (bicyclic) bond motifs is 5. The number of amides is 2. The summed E-state index contributed by atoms with van der Waals surface area (Å²) in [5.41, 5.74) is 1.36. The van der Waals surface area contributed by atoms with Crippen molar-refractivity contribution in [1.82, 2.24) is 10.2 Å². The van der Waals surface area contributed by atoms with Gasteiger partial charge in [0.05, 0.1) is 13.2 Å². The van der Waals surface area contributed by atoms with Crippen molar-refractivity contribution in [2.45, 2.75) is 143 Å². The molecule has 4 rings (SSSR count). The largest absolute Gasteiger partial charge is 0.492 e. The maximum atomic E-state index is 13.7. The van der Waals surface area contributed by atoms with Gasteiger partial charge in [0.1, 0.15) is 22.7 Å². The van der Waals surface area contributed by atoms with Crippen molar-refractivity contribution in [2.75, 3.05) is 26.2 Å². The van der Waals surface area contributed by atoms with Crippen LogP contribution in [0.5, 0.6) is 17.2 Å². The quantitative estimate of drug-likeness (QED) is 0.122. The third-order valence-corrected chi connectivity index (χ3v) is 9.19. The summed E-state index contributed by atoms with van der Waals surface area (Å²) >= 11 is 0. The highest BCUT2D eigenvalue weighted by Gasteiger charge is 2.37. The van der Waals surface area contributed by atoms with Crippen molar-refractivity contribution in [3.63, 3.8) is 0 Å². The maximum absolute atomic E-state index is 13.7. The average Bonchev–Trinajstić information content (AvgIpc) is 3.41. The van der Waals surface area contributed by atoms with Gasteiger partial charge in [-0.2, -0.15) is 0 Å². The van der Waals surface area contributed by atoms with Crippen molar-refractivity contribution in [3.05, 3.63) is 28.8 Å². The molecule has 0 saturated heterocycles. The van der Waals surface area contributed by atoms with Crippen molar-refractivity contribution >= 4 is 40.7 Å². The molecule has 1 aliphatic heterocycles. The zero-order chi connectivity index (χ0) is 39.3. The van der Waals surface area contributed by atoms with Crippen molar-refractivity contribution in [3.8, 4) is 17.2 Å². The normalized spacial score (nSPS) is 16.2. The van der Waals surface area contributed by atoms with Crippen LogP contribution < -0.4 is 19.5 Å². The molecule has 1 aliphatic carbocycles. The fraction of sp³-hybridized carbons (Fsp3) is 0.634. The van der Waals surface area contributed by atoms with E-state index in [0.717, 1.165) is 35.8 Å². The highest BCUT2D eigenvalue weighted by molar-refractivity contribution is 6.03. The molecule has 0 spiro atoms. The molecule has 1 N–H and O–H groups in total. The van der Waals surface area contributed by atoms with Gasteiger partial charge in [-0.05, 0) is 104 Å². The van der Waals surface area contributed by atoms with E-state index in [1.807, 2.05) is 33.8 Å². The summed E-state index contributed by atoms with van der Waals surface area (Å²) in [4.78, 5) is 65.3. The highest BCUT2D eigenvalue weighted by atomic mass is 16.6. The maximum Gasteiger partial charge on any atom is 0.412 e. The monoisotopic (exact) mass is 738 g/mol. The van der Waals surface area contributed by atoms with Crippen molar-refractivity contribution in [2.24, 2.45) is 0 Å². The SMILES string of the molecule is CC(=O)CN(CCCC(=O)Oc1c(OC(=O)NCCCCC(=O)OC(C)(C)C)c2c(c3ccc4c(c13)CCCC4(C)C)OC[C@@H]2C)C(=O)OC(C)(C)C. The number of esters is 2. The third kappa shape index (κ3) is 11.1. The first-order chi connectivity index (χ1) is 24.7. The van der Waals surface area contributed by atoms with Gasteiger partial charge < -0.3 is 33.9 Å². The molecule has 0 aromatic heterocycles. The number of unbranched alkanes of at least 4 members (excludes halogenated alkanes) is 1. The minimum absolute atomic E-state index is 0.0777. The lowest BCUT2D eigenvalue weighted by molar-refractivity contribution is -0.155. The number of Topliss-reactive ketones (excluding diaryl/α,β-unsaturated/α-hetero) is 1. The first kappa shape index (κ1) is 41.4. The molecule has 2 aromatic rings. The van der Waals surface area contributed by atoms with Crippen molar-refractivity contribution in [1.29, 1.82) is 0 Å². The first-order valence-corrected chi connectivity index (χ1v) is 18.8. The molecule has 1 heterocycles. The zero-order valence-corrected chi connectivity index (χ0v) is 33.2. The molecule has 53 heavy (non-hydrogen) atoms. The summed E-state index contributed by atoms with van der Waals surface area (Å²) in [6.45, 7) is 19.0. The van der Waals surface area contributed by atoms with Crippen LogP contribution in [0.4, 0.5) is 9.59 Å². The molecule has 0 radical (unpaired) electrons. The van der Waals surface area contributed by atoms with Crippen LogP contribution in [0.2, 0.25) is 0 Å². The number of nitrogens with one attached hydrogen (secondary N) is 1. The molecular weight excluding hydrogens is 680 g/mol. The number of benzene rings is 2. The summed E-state index contributed by atoms with van der Waals surface area (Å²) in [6, 6.07) is 4.13. The topological polar surface area (TPSA) is 147 Å². The molecule has 1 atom stereocenters. The molecule has 2 amide bonds. The molecule has 12 heteroatoms. The average molecular weight is 739 g/mol. The van der Waals surface area contributed by atoms with Gasteiger partial charge in [-0.1, -0.05) is 32.9 Å². The van der Waals surface area contributed by atoms with Gasteiger partial charge in [-0.3, -0.25) is 14.4 Å². The first-order valence-electron chi connectivity index (χ1n) is 18.8. The number of aryl methyl sites for hydroxylation is 1. The molecule has 2 aliphatic rings. The smallest absolute Gasteiger partial charge is 0.412 e. The summed E-state index contributed by atoms with van der Waals surface area (Å²) < 4.78 is 29.4. The Morgan fingerprint density at radius 1 is 0.906 bits per heavy atom. The van der Waals surface area contributed by atoms with Gasteiger partial charge in [0.2, 0.25) is 0 Å². The van der Waals surface area contributed by atoms with Crippen molar-refractivity contribution < 1.29 is 47.7 Å². The van der Waals surface area contributed by atoms with E-state index in [1.54, 1.807) is 20.8 Å². The summed E-state index contributed by atoms with van der Waals surface area (Å²) in [5.74, 6) is -0.333. The van der Waals surface area contributed by atoms with E-state index in [4.69, 9.17) is 23.7 Å². The lowest BCUT2D eigenvalue weighted by atomic mass is 9.71. The number of ketones is 1. The van der Waals surface area contributed by atoms with Gasteiger partial charge in [-0.15, -0.1) is 0 Å². The second-order valence-electron chi connectivity index (χ2n) is 16.9. The molecule has 0 fully saturated rings. The fourth-order valence-corrected chi connectivity index (χ4v) is 6.92. The number of rotatable bonds is 13. The fourth-order valence-electron chi connectivity index (χ4n) is 6.92. The Labute approximate surface area is 313 Å². The Balaban J connectivity index is 1.62. The van der Waals surface area contributed by atoms with E-state index in [1.165, 1.54) is 11.8 Å². The minimum Gasteiger partial charge on any atom is -0.492 e. The number of hydrogen-bond donors (Lipinski definition) is 1. The molecule has 2 aromatic carbocycles. The van der Waals surface area contributed by atoms with Gasteiger partial charge in [0.25, 0.3) is 0 Å².